The van der Waals surface area contributed by atoms with Crippen molar-refractivity contribution in [3.8, 4) is 5.75 Å². The first kappa shape index (κ1) is 13.3. The van der Waals surface area contributed by atoms with Crippen LogP contribution in [0.2, 0.25) is 0 Å². The van der Waals surface area contributed by atoms with E-state index in [1.807, 2.05) is 39.0 Å². The Hall–Kier alpha value is -2.10. The molecule has 0 aliphatic carbocycles. The minimum absolute atomic E-state index is 0.175. The lowest BCUT2D eigenvalue weighted by Crippen LogP contribution is -2.12. The van der Waals surface area contributed by atoms with Gasteiger partial charge in [-0.25, -0.2) is 0 Å². The third kappa shape index (κ3) is 3.02. The normalized spacial score (nSPS) is 10.5. The Labute approximate surface area is 112 Å². The van der Waals surface area contributed by atoms with Crippen LogP contribution in [0.4, 0.5) is 0 Å². The van der Waals surface area contributed by atoms with Crippen molar-refractivity contribution in [3.63, 3.8) is 0 Å². The molecule has 0 N–H and O–H groups in total. The van der Waals surface area contributed by atoms with Gasteiger partial charge in [0.25, 0.3) is 0 Å². The minimum atomic E-state index is -0.304. The second-order valence-corrected chi connectivity index (χ2v) is 4.72. The monoisotopic (exact) mass is 259 g/mol. The second-order valence-electron chi connectivity index (χ2n) is 4.72. The van der Waals surface area contributed by atoms with Crippen LogP contribution in [-0.4, -0.2) is 11.1 Å². The lowest BCUT2D eigenvalue weighted by atomic mass is 10.1. The molecule has 4 heteroatoms. The van der Waals surface area contributed by atoms with E-state index in [4.69, 9.17) is 9.26 Å². The van der Waals surface area contributed by atoms with Crippen molar-refractivity contribution in [2.45, 2.75) is 34.1 Å². The van der Waals surface area contributed by atoms with E-state index in [-0.39, 0.29) is 12.4 Å². The Morgan fingerprint density at radius 2 is 2.00 bits per heavy atom. The third-order valence-corrected chi connectivity index (χ3v) is 3.06. The molecule has 0 fully saturated rings. The van der Waals surface area contributed by atoms with Crippen LogP contribution in [0.5, 0.6) is 5.75 Å². The van der Waals surface area contributed by atoms with E-state index in [1.165, 1.54) is 0 Å². The van der Waals surface area contributed by atoms with Gasteiger partial charge in [-0.3, -0.25) is 4.79 Å². The van der Waals surface area contributed by atoms with E-state index in [1.54, 1.807) is 6.92 Å². The van der Waals surface area contributed by atoms with Crippen molar-refractivity contribution in [1.82, 2.24) is 5.16 Å². The molecule has 0 aliphatic heterocycles. The predicted molar refractivity (Wildman–Crippen MR) is 71.2 cm³/mol. The number of carbonyl (C=O) groups is 1. The van der Waals surface area contributed by atoms with Gasteiger partial charge in [-0.05, 0) is 39.3 Å². The standard InChI is InChI=1S/C15H17NO3/c1-9-5-6-14(10(2)7-9)18-15(17)8-13-11(3)16-19-12(13)4/h5-7H,8H2,1-4H3. The Bertz CT molecular complexity index is 594. The average Bonchev–Trinajstić information content (AvgIpc) is 2.65. The molecule has 1 aromatic carbocycles. The van der Waals surface area contributed by atoms with Crippen LogP contribution in [-0.2, 0) is 11.2 Å². The smallest absolute Gasteiger partial charge is 0.315 e. The molecular weight excluding hydrogens is 242 g/mol. The van der Waals surface area contributed by atoms with Crippen LogP contribution in [0.1, 0.15) is 28.1 Å². The number of aromatic nitrogens is 1. The first-order valence-electron chi connectivity index (χ1n) is 6.17. The molecule has 1 heterocycles. The number of aryl methyl sites for hydroxylation is 4. The number of nitrogens with zero attached hydrogens (tertiary/aromatic N) is 1. The number of esters is 1. The second kappa shape index (κ2) is 5.26. The SMILES string of the molecule is Cc1ccc(OC(=O)Cc2c(C)noc2C)c(C)c1. The molecule has 19 heavy (non-hydrogen) atoms. The molecule has 0 bridgehead atoms. The summed E-state index contributed by atoms with van der Waals surface area (Å²) in [6.07, 6.45) is 0.175. The Balaban J connectivity index is 2.10. The molecule has 2 rings (SSSR count). The van der Waals surface area contributed by atoms with E-state index in [9.17, 15) is 4.79 Å². The molecule has 0 aliphatic rings. The van der Waals surface area contributed by atoms with Gasteiger partial charge in [0.05, 0.1) is 12.1 Å². The van der Waals surface area contributed by atoms with E-state index in [2.05, 4.69) is 5.16 Å². The van der Waals surface area contributed by atoms with Gasteiger partial charge in [0.1, 0.15) is 11.5 Å². The molecule has 0 amide bonds. The number of hydrogen-bond donors (Lipinski definition) is 0. The maximum atomic E-state index is 11.9. The van der Waals surface area contributed by atoms with Crippen LogP contribution in [0.3, 0.4) is 0 Å². The molecule has 0 spiro atoms. The van der Waals surface area contributed by atoms with Crippen LogP contribution in [0.25, 0.3) is 0 Å². The predicted octanol–water partition coefficient (Wildman–Crippen LogP) is 3.06. The highest BCUT2D eigenvalue weighted by atomic mass is 16.5. The lowest BCUT2D eigenvalue weighted by molar-refractivity contribution is -0.133. The first-order valence-corrected chi connectivity index (χ1v) is 6.17. The zero-order valence-corrected chi connectivity index (χ0v) is 11.6. The fourth-order valence-electron chi connectivity index (χ4n) is 1.97. The number of hydrogen-bond acceptors (Lipinski definition) is 4. The van der Waals surface area contributed by atoms with Gasteiger partial charge in [0, 0.05) is 5.56 Å². The lowest BCUT2D eigenvalue weighted by Gasteiger charge is -2.07. The van der Waals surface area contributed by atoms with Gasteiger partial charge >= 0.3 is 5.97 Å². The minimum Gasteiger partial charge on any atom is -0.426 e. The molecule has 4 nitrogen and oxygen atoms in total. The Morgan fingerprint density at radius 1 is 1.26 bits per heavy atom. The maximum absolute atomic E-state index is 11.9. The van der Waals surface area contributed by atoms with Gasteiger partial charge in [0.2, 0.25) is 0 Å². The van der Waals surface area contributed by atoms with Crippen molar-refractivity contribution >= 4 is 5.97 Å². The highest BCUT2D eigenvalue weighted by Gasteiger charge is 2.15. The number of ether oxygens (including phenoxy) is 1. The quantitative estimate of drug-likeness (QED) is 0.628. The zero-order valence-electron chi connectivity index (χ0n) is 11.6. The molecule has 0 saturated heterocycles. The van der Waals surface area contributed by atoms with Crippen LogP contribution >= 0.6 is 0 Å². The summed E-state index contributed by atoms with van der Waals surface area (Å²) in [5.41, 5.74) is 3.62. The van der Waals surface area contributed by atoms with Gasteiger partial charge in [-0.15, -0.1) is 0 Å². The Morgan fingerprint density at radius 3 is 2.58 bits per heavy atom. The molecule has 0 saturated carbocycles. The zero-order chi connectivity index (χ0) is 14.0. The molecule has 0 unspecified atom stereocenters. The largest absolute Gasteiger partial charge is 0.426 e. The van der Waals surface area contributed by atoms with Gasteiger partial charge in [-0.2, -0.15) is 0 Å². The fourth-order valence-corrected chi connectivity index (χ4v) is 1.97. The molecule has 100 valence electrons. The summed E-state index contributed by atoms with van der Waals surface area (Å²) in [5, 5.41) is 3.82. The molecule has 0 radical (unpaired) electrons. The number of benzene rings is 1. The van der Waals surface area contributed by atoms with E-state index < -0.39 is 0 Å². The summed E-state index contributed by atoms with van der Waals surface area (Å²) in [6, 6.07) is 5.72. The van der Waals surface area contributed by atoms with E-state index in [0.29, 0.717) is 11.5 Å². The van der Waals surface area contributed by atoms with Gasteiger partial charge < -0.3 is 9.26 Å². The van der Waals surface area contributed by atoms with E-state index >= 15 is 0 Å². The summed E-state index contributed by atoms with van der Waals surface area (Å²) in [5.74, 6) is 0.957. The van der Waals surface area contributed by atoms with E-state index in [0.717, 1.165) is 22.4 Å². The summed E-state index contributed by atoms with van der Waals surface area (Å²) >= 11 is 0. The van der Waals surface area contributed by atoms with Crippen molar-refractivity contribution in [2.75, 3.05) is 0 Å². The topological polar surface area (TPSA) is 52.3 Å². The molecular formula is C15H17NO3. The molecule has 2 aromatic rings. The van der Waals surface area contributed by atoms with Gasteiger partial charge in [0.15, 0.2) is 0 Å². The highest BCUT2D eigenvalue weighted by molar-refractivity contribution is 5.76. The van der Waals surface area contributed by atoms with Crippen LogP contribution in [0, 0.1) is 27.7 Å². The van der Waals surface area contributed by atoms with Crippen molar-refractivity contribution < 1.29 is 14.1 Å². The summed E-state index contributed by atoms with van der Waals surface area (Å²) in [4.78, 5) is 11.9. The third-order valence-electron chi connectivity index (χ3n) is 3.06. The van der Waals surface area contributed by atoms with Crippen molar-refractivity contribution in [3.05, 3.63) is 46.3 Å². The van der Waals surface area contributed by atoms with Crippen molar-refractivity contribution in [2.24, 2.45) is 0 Å². The molecule has 0 atom stereocenters. The number of rotatable bonds is 3. The first-order chi connectivity index (χ1) is 8.97. The summed E-state index contributed by atoms with van der Waals surface area (Å²) < 4.78 is 10.4. The fraction of sp³-hybridized carbons (Fsp3) is 0.333. The van der Waals surface area contributed by atoms with Crippen LogP contribution in [0.15, 0.2) is 22.7 Å². The Kier molecular flexibility index (Phi) is 3.69. The van der Waals surface area contributed by atoms with Crippen molar-refractivity contribution in [1.29, 1.82) is 0 Å². The molecule has 1 aromatic heterocycles. The average molecular weight is 259 g/mol. The summed E-state index contributed by atoms with van der Waals surface area (Å²) in [6.45, 7) is 7.53. The van der Waals surface area contributed by atoms with Crippen LogP contribution < -0.4 is 4.74 Å². The highest BCUT2D eigenvalue weighted by Crippen LogP contribution is 2.20. The maximum Gasteiger partial charge on any atom is 0.315 e. The van der Waals surface area contributed by atoms with Gasteiger partial charge in [-0.1, -0.05) is 22.9 Å². The number of carbonyl (C=O) groups excluding carboxylic acids is 1. The summed E-state index contributed by atoms with van der Waals surface area (Å²) in [7, 11) is 0.